The Morgan fingerprint density at radius 3 is 2.45 bits per heavy atom. The maximum atomic E-state index is 13.0. The number of halogens is 1. The van der Waals surface area contributed by atoms with E-state index in [1.807, 2.05) is 6.92 Å². The average Bonchev–Trinajstić information content (AvgIpc) is 2.64. The molecule has 0 aromatic carbocycles. The minimum absolute atomic E-state index is 0.0768. The van der Waals surface area contributed by atoms with E-state index in [1.54, 1.807) is 36.9 Å². The SMILES string of the molecule is CCCCOC(=O)CCC(C)(C#N)CC(CC(C)C(=O)OP(F)P)C(=O)N(C)C. The van der Waals surface area contributed by atoms with Crippen molar-refractivity contribution in [3.05, 3.63) is 0 Å². The molecule has 0 radical (unpaired) electrons. The van der Waals surface area contributed by atoms with Gasteiger partial charge in [-0.1, -0.05) is 20.3 Å². The predicted octanol–water partition coefficient (Wildman–Crippen LogP) is 4.38. The number of hydrogen-bond acceptors (Lipinski definition) is 6. The second-order valence-corrected chi connectivity index (χ2v) is 9.64. The molecule has 7 nitrogen and oxygen atoms in total. The van der Waals surface area contributed by atoms with Crippen LogP contribution in [0.4, 0.5) is 4.20 Å². The highest BCUT2D eigenvalue weighted by Crippen LogP contribution is 2.48. The molecule has 0 aromatic heterocycles. The van der Waals surface area contributed by atoms with Crippen LogP contribution in [-0.4, -0.2) is 43.4 Å². The van der Waals surface area contributed by atoms with Gasteiger partial charge >= 0.3 is 11.9 Å². The summed E-state index contributed by atoms with van der Waals surface area (Å²) in [6.45, 7) is 5.60. The molecule has 0 fully saturated rings. The molecule has 0 saturated carbocycles. The number of rotatable bonds is 13. The summed E-state index contributed by atoms with van der Waals surface area (Å²) < 4.78 is 22.7. The fourth-order valence-corrected chi connectivity index (χ4v) is 3.53. The van der Waals surface area contributed by atoms with E-state index < -0.39 is 31.4 Å². The monoisotopic (exact) mass is 450 g/mol. The summed E-state index contributed by atoms with van der Waals surface area (Å²) in [6, 6.07) is 2.21. The summed E-state index contributed by atoms with van der Waals surface area (Å²) in [7, 11) is 2.58. The Balaban J connectivity index is 5.12. The Morgan fingerprint density at radius 1 is 1.34 bits per heavy atom. The Labute approximate surface area is 176 Å². The van der Waals surface area contributed by atoms with Gasteiger partial charge in [0.15, 0.2) is 0 Å². The van der Waals surface area contributed by atoms with Crippen LogP contribution in [0.3, 0.4) is 0 Å². The molecule has 0 aliphatic carbocycles. The number of nitrogens with zero attached hydrogens (tertiary/aromatic N) is 2. The molecule has 0 aromatic rings. The predicted molar refractivity (Wildman–Crippen MR) is 113 cm³/mol. The molecule has 5 atom stereocenters. The largest absolute Gasteiger partial charge is 0.466 e. The number of hydrogen-bond donors (Lipinski definition) is 0. The summed E-state index contributed by atoms with van der Waals surface area (Å²) >= 11 is 0. The van der Waals surface area contributed by atoms with Gasteiger partial charge in [0.2, 0.25) is 5.91 Å². The van der Waals surface area contributed by atoms with Crippen LogP contribution in [0.5, 0.6) is 0 Å². The van der Waals surface area contributed by atoms with Crippen LogP contribution in [0, 0.1) is 28.6 Å². The van der Waals surface area contributed by atoms with Gasteiger partial charge in [-0.25, -0.2) is 0 Å². The molecule has 166 valence electrons. The van der Waals surface area contributed by atoms with Crippen LogP contribution in [0.2, 0.25) is 0 Å². The summed E-state index contributed by atoms with van der Waals surface area (Å²) in [4.78, 5) is 37.8. The summed E-state index contributed by atoms with van der Waals surface area (Å²) in [6.07, 6.45) is 2.32. The third-order valence-corrected chi connectivity index (χ3v) is 5.29. The van der Waals surface area contributed by atoms with Crippen LogP contribution in [0.25, 0.3) is 0 Å². The molecule has 29 heavy (non-hydrogen) atoms. The first kappa shape index (κ1) is 27.7. The van der Waals surface area contributed by atoms with Gasteiger partial charge in [0, 0.05) is 26.4 Å². The lowest BCUT2D eigenvalue weighted by atomic mass is 9.76. The van der Waals surface area contributed by atoms with Gasteiger partial charge in [-0.3, -0.25) is 14.4 Å². The first-order valence-corrected chi connectivity index (χ1v) is 12.4. The van der Waals surface area contributed by atoms with E-state index >= 15 is 0 Å². The van der Waals surface area contributed by atoms with Crippen molar-refractivity contribution in [1.82, 2.24) is 4.90 Å². The zero-order valence-corrected chi connectivity index (χ0v) is 20.0. The van der Waals surface area contributed by atoms with Crippen molar-refractivity contribution in [3.63, 3.8) is 0 Å². The van der Waals surface area contributed by atoms with E-state index in [0.717, 1.165) is 12.8 Å². The lowest BCUT2D eigenvalue weighted by Crippen LogP contribution is -2.35. The molecule has 0 saturated heterocycles. The van der Waals surface area contributed by atoms with Crippen molar-refractivity contribution < 1.29 is 27.8 Å². The van der Waals surface area contributed by atoms with Gasteiger partial charge in [0.05, 0.1) is 24.0 Å². The minimum Gasteiger partial charge on any atom is -0.466 e. The van der Waals surface area contributed by atoms with E-state index in [2.05, 4.69) is 10.6 Å². The summed E-state index contributed by atoms with van der Waals surface area (Å²) in [5, 5.41) is 9.68. The highest BCUT2D eigenvalue weighted by molar-refractivity contribution is 8.08. The number of ether oxygens (including phenoxy) is 1. The lowest BCUT2D eigenvalue weighted by Gasteiger charge is -2.29. The Morgan fingerprint density at radius 2 is 1.97 bits per heavy atom. The second-order valence-electron chi connectivity index (χ2n) is 7.70. The van der Waals surface area contributed by atoms with Crippen molar-refractivity contribution in [2.24, 2.45) is 17.3 Å². The van der Waals surface area contributed by atoms with E-state index in [9.17, 15) is 23.8 Å². The van der Waals surface area contributed by atoms with Gasteiger partial charge < -0.3 is 14.2 Å². The first-order valence-electron chi connectivity index (χ1n) is 9.66. The molecular formula is C19H33FN2O5P2. The Bertz CT molecular complexity index is 598. The molecule has 0 heterocycles. The van der Waals surface area contributed by atoms with Gasteiger partial charge in [0.1, 0.15) is 0 Å². The standard InChI is InChI=1S/C19H33FN2O5P2/c1-6-7-10-26-16(23)8-9-19(3,13-21)12-15(17(24)22(4)5)11-14(2)18(25)27-29(20)28/h14-15H,6-12,28H2,1-5H3. The zero-order chi connectivity index (χ0) is 22.6. The number of esters is 1. The summed E-state index contributed by atoms with van der Waals surface area (Å²) in [5.41, 5.74) is -0.947. The van der Waals surface area contributed by atoms with Crippen LogP contribution < -0.4 is 0 Å². The van der Waals surface area contributed by atoms with Crippen LogP contribution in [0.15, 0.2) is 0 Å². The van der Waals surface area contributed by atoms with Gasteiger partial charge in [-0.05, 0) is 41.5 Å². The van der Waals surface area contributed by atoms with Crippen molar-refractivity contribution in [1.29, 1.82) is 5.26 Å². The lowest BCUT2D eigenvalue weighted by molar-refractivity contribution is -0.144. The van der Waals surface area contributed by atoms with Crippen LogP contribution in [0.1, 0.15) is 59.3 Å². The van der Waals surface area contributed by atoms with Gasteiger partial charge in [-0.2, -0.15) is 9.46 Å². The number of amides is 1. The molecule has 0 N–H and O–H groups in total. The zero-order valence-electron chi connectivity index (χ0n) is 17.9. The van der Waals surface area contributed by atoms with Crippen LogP contribution >= 0.6 is 17.1 Å². The third-order valence-electron chi connectivity index (χ3n) is 4.62. The molecule has 10 heteroatoms. The molecule has 0 aliphatic heterocycles. The van der Waals surface area contributed by atoms with Crippen molar-refractivity contribution in [3.8, 4) is 6.07 Å². The molecule has 0 rings (SSSR count). The van der Waals surface area contributed by atoms with E-state index in [-0.39, 0.29) is 37.6 Å². The van der Waals surface area contributed by atoms with Crippen molar-refractivity contribution in [2.45, 2.75) is 59.3 Å². The van der Waals surface area contributed by atoms with Crippen molar-refractivity contribution >= 4 is 34.9 Å². The number of carbonyl (C=O) groups is 3. The highest BCUT2D eigenvalue weighted by atomic mass is 32.0. The fraction of sp³-hybridized carbons (Fsp3) is 0.789. The smallest absolute Gasteiger partial charge is 0.313 e. The molecule has 0 spiro atoms. The van der Waals surface area contributed by atoms with Crippen LogP contribution in [-0.2, 0) is 23.6 Å². The molecule has 5 unspecified atom stereocenters. The second kappa shape index (κ2) is 13.8. The van der Waals surface area contributed by atoms with E-state index in [4.69, 9.17) is 4.74 Å². The normalized spacial score (nSPS) is 15.9. The number of carbonyl (C=O) groups excluding carboxylic acids is 3. The maximum Gasteiger partial charge on any atom is 0.313 e. The molecular weight excluding hydrogens is 417 g/mol. The molecule has 0 bridgehead atoms. The average molecular weight is 450 g/mol. The van der Waals surface area contributed by atoms with Gasteiger partial charge in [0.25, 0.3) is 8.15 Å². The number of nitriles is 1. The Kier molecular flexibility index (Phi) is 13.2. The quantitative estimate of drug-likeness (QED) is 0.235. The fourth-order valence-electron chi connectivity index (χ4n) is 2.86. The van der Waals surface area contributed by atoms with E-state index in [0.29, 0.717) is 6.61 Å². The van der Waals surface area contributed by atoms with E-state index in [1.165, 1.54) is 4.90 Å². The maximum absolute atomic E-state index is 13.0. The highest BCUT2D eigenvalue weighted by Gasteiger charge is 2.35. The first-order chi connectivity index (χ1) is 13.5. The van der Waals surface area contributed by atoms with Gasteiger partial charge in [-0.15, -0.1) is 0 Å². The van der Waals surface area contributed by atoms with Crippen molar-refractivity contribution in [2.75, 3.05) is 20.7 Å². The number of unbranched alkanes of at least 4 members (excludes halogenated alkanes) is 1. The molecule has 1 amide bonds. The topological polar surface area (TPSA) is 96.7 Å². The Hall–Kier alpha value is -1.31. The molecule has 0 aliphatic rings. The minimum atomic E-state index is -2.41. The third kappa shape index (κ3) is 11.5. The summed E-state index contributed by atoms with van der Waals surface area (Å²) in [5.74, 6) is -2.66.